The summed E-state index contributed by atoms with van der Waals surface area (Å²) in [6, 6.07) is 6.52. The number of amides is 1. The van der Waals surface area contributed by atoms with E-state index in [0.717, 1.165) is 19.3 Å². The number of ether oxygens (including phenoxy) is 1. The van der Waals surface area contributed by atoms with Crippen molar-refractivity contribution in [2.45, 2.75) is 51.2 Å². The molecule has 0 aliphatic heterocycles. The Labute approximate surface area is 125 Å². The second-order valence-electron chi connectivity index (χ2n) is 6.76. The Morgan fingerprint density at radius 2 is 1.90 bits per heavy atom. The molecule has 2 rings (SSSR count). The number of carbonyl (C=O) groups excluding carboxylic acids is 1. The van der Waals surface area contributed by atoms with Crippen molar-refractivity contribution in [2.75, 3.05) is 11.4 Å². The summed E-state index contributed by atoms with van der Waals surface area (Å²) in [5.74, 6) is 0.167. The lowest BCUT2D eigenvalue weighted by atomic mass is 10.1. The topological polar surface area (TPSA) is 75.8 Å². The van der Waals surface area contributed by atoms with Gasteiger partial charge in [-0.05, 0) is 64.3 Å². The van der Waals surface area contributed by atoms with Crippen LogP contribution in [0.25, 0.3) is 0 Å². The number of nitrogens with zero attached hydrogens (tertiary/aromatic N) is 1. The summed E-state index contributed by atoms with van der Waals surface area (Å²) in [7, 11) is 0. The van der Waals surface area contributed by atoms with Gasteiger partial charge in [-0.3, -0.25) is 4.90 Å². The number of aromatic hydroxyl groups is 1. The van der Waals surface area contributed by atoms with E-state index < -0.39 is 11.7 Å². The predicted octanol–water partition coefficient (Wildman–Crippen LogP) is 3.02. The normalized spacial score (nSPS) is 16.4. The molecule has 1 aromatic carbocycles. The van der Waals surface area contributed by atoms with Crippen LogP contribution in [0.2, 0.25) is 0 Å². The number of hydrogen-bond donors (Lipinski definition) is 2. The maximum atomic E-state index is 12.4. The molecule has 0 aromatic heterocycles. The minimum atomic E-state index is -0.549. The molecule has 0 bridgehead atoms. The molecule has 1 aromatic rings. The molecule has 0 saturated heterocycles. The maximum Gasteiger partial charge on any atom is 0.414 e. The molecular weight excluding hydrogens is 268 g/mol. The van der Waals surface area contributed by atoms with Crippen LogP contribution in [0.1, 0.15) is 40.0 Å². The van der Waals surface area contributed by atoms with Gasteiger partial charge in [0.2, 0.25) is 0 Å². The van der Waals surface area contributed by atoms with E-state index >= 15 is 0 Å². The minimum absolute atomic E-state index is 0.128. The molecular formula is C16H24N2O3. The molecule has 21 heavy (non-hydrogen) atoms. The van der Waals surface area contributed by atoms with Gasteiger partial charge < -0.3 is 15.6 Å². The van der Waals surface area contributed by atoms with Gasteiger partial charge >= 0.3 is 6.09 Å². The molecule has 1 fully saturated rings. The van der Waals surface area contributed by atoms with Gasteiger partial charge in [-0.1, -0.05) is 0 Å². The molecule has 1 amide bonds. The Bertz CT molecular complexity index is 501. The van der Waals surface area contributed by atoms with E-state index in [9.17, 15) is 9.90 Å². The summed E-state index contributed by atoms with van der Waals surface area (Å²) < 4.78 is 5.45. The fourth-order valence-corrected chi connectivity index (χ4v) is 2.02. The highest BCUT2D eigenvalue weighted by molar-refractivity contribution is 5.87. The molecule has 0 radical (unpaired) electrons. The lowest BCUT2D eigenvalue weighted by molar-refractivity contribution is 0.0579. The van der Waals surface area contributed by atoms with Crippen molar-refractivity contribution in [1.29, 1.82) is 0 Å². The highest BCUT2D eigenvalue weighted by Crippen LogP contribution is 2.36. The second kappa shape index (κ2) is 5.56. The highest BCUT2D eigenvalue weighted by atomic mass is 16.6. The van der Waals surface area contributed by atoms with Gasteiger partial charge in [-0.2, -0.15) is 0 Å². The third-order valence-electron chi connectivity index (χ3n) is 3.50. The Morgan fingerprint density at radius 3 is 2.38 bits per heavy atom. The lowest BCUT2D eigenvalue weighted by Crippen LogP contribution is -2.39. The number of phenols is 1. The van der Waals surface area contributed by atoms with E-state index in [1.807, 2.05) is 20.8 Å². The minimum Gasteiger partial charge on any atom is -0.508 e. The quantitative estimate of drug-likeness (QED) is 0.894. The van der Waals surface area contributed by atoms with Gasteiger partial charge in [-0.15, -0.1) is 0 Å². The van der Waals surface area contributed by atoms with Gasteiger partial charge in [0.1, 0.15) is 11.4 Å². The van der Waals surface area contributed by atoms with Crippen LogP contribution in [-0.4, -0.2) is 28.9 Å². The molecule has 1 aliphatic rings. The van der Waals surface area contributed by atoms with Crippen molar-refractivity contribution >= 4 is 11.8 Å². The molecule has 1 saturated carbocycles. The van der Waals surface area contributed by atoms with Crippen LogP contribution in [0.5, 0.6) is 5.75 Å². The SMILES string of the molecule is CC(C)(C)OC(=O)N(CCC1(N)CC1)c1ccc(O)cc1. The van der Waals surface area contributed by atoms with E-state index in [4.69, 9.17) is 10.5 Å². The van der Waals surface area contributed by atoms with Crippen LogP contribution in [0.3, 0.4) is 0 Å². The molecule has 0 heterocycles. The van der Waals surface area contributed by atoms with E-state index in [0.29, 0.717) is 12.2 Å². The van der Waals surface area contributed by atoms with Crippen molar-refractivity contribution in [1.82, 2.24) is 0 Å². The van der Waals surface area contributed by atoms with Crippen LogP contribution in [0.4, 0.5) is 10.5 Å². The summed E-state index contributed by atoms with van der Waals surface area (Å²) in [6.45, 7) is 6.03. The Balaban J connectivity index is 2.12. The number of nitrogens with two attached hydrogens (primary N) is 1. The summed E-state index contributed by atoms with van der Waals surface area (Å²) in [6.07, 6.45) is 2.36. The first-order valence-corrected chi connectivity index (χ1v) is 7.27. The van der Waals surface area contributed by atoms with E-state index in [2.05, 4.69) is 0 Å². The fourth-order valence-electron chi connectivity index (χ4n) is 2.02. The summed E-state index contributed by atoms with van der Waals surface area (Å²) >= 11 is 0. The first-order valence-electron chi connectivity index (χ1n) is 7.27. The largest absolute Gasteiger partial charge is 0.508 e. The van der Waals surface area contributed by atoms with Crippen LogP contribution in [0, 0.1) is 0 Å². The standard InChI is InChI=1S/C16H24N2O3/c1-15(2,3)21-14(20)18(11-10-16(17)8-9-16)12-4-6-13(19)7-5-12/h4-7,19H,8-11,17H2,1-3H3. The Hall–Kier alpha value is -1.75. The van der Waals surface area contributed by atoms with Crippen molar-refractivity contribution in [3.8, 4) is 5.75 Å². The number of anilines is 1. The van der Waals surface area contributed by atoms with E-state index in [-0.39, 0.29) is 11.3 Å². The number of rotatable bonds is 4. The van der Waals surface area contributed by atoms with Crippen LogP contribution < -0.4 is 10.6 Å². The smallest absolute Gasteiger partial charge is 0.414 e. The van der Waals surface area contributed by atoms with Crippen LogP contribution in [0.15, 0.2) is 24.3 Å². The molecule has 0 atom stereocenters. The van der Waals surface area contributed by atoms with Crippen LogP contribution in [-0.2, 0) is 4.74 Å². The number of carbonyl (C=O) groups is 1. The third-order valence-corrected chi connectivity index (χ3v) is 3.50. The average molecular weight is 292 g/mol. The van der Waals surface area contributed by atoms with Crippen molar-refractivity contribution < 1.29 is 14.6 Å². The van der Waals surface area contributed by atoms with Crippen molar-refractivity contribution in [3.05, 3.63) is 24.3 Å². The van der Waals surface area contributed by atoms with Crippen LogP contribution >= 0.6 is 0 Å². The third kappa shape index (κ3) is 4.63. The molecule has 5 nitrogen and oxygen atoms in total. The predicted molar refractivity (Wildman–Crippen MR) is 82.5 cm³/mol. The van der Waals surface area contributed by atoms with Crippen molar-refractivity contribution in [2.24, 2.45) is 5.73 Å². The van der Waals surface area contributed by atoms with Gasteiger partial charge in [-0.25, -0.2) is 4.79 Å². The maximum absolute atomic E-state index is 12.4. The van der Waals surface area contributed by atoms with Crippen molar-refractivity contribution in [3.63, 3.8) is 0 Å². The summed E-state index contributed by atoms with van der Waals surface area (Å²) in [5.41, 5.74) is 6.13. The zero-order chi connectivity index (χ0) is 15.7. The highest BCUT2D eigenvalue weighted by Gasteiger charge is 2.38. The second-order valence-corrected chi connectivity index (χ2v) is 6.76. The Morgan fingerprint density at radius 1 is 1.33 bits per heavy atom. The number of phenolic OH excluding ortho intramolecular Hbond substituents is 1. The monoisotopic (exact) mass is 292 g/mol. The first-order chi connectivity index (χ1) is 9.69. The molecule has 3 N–H and O–H groups in total. The molecule has 5 heteroatoms. The van der Waals surface area contributed by atoms with Gasteiger partial charge in [0.05, 0.1) is 0 Å². The van der Waals surface area contributed by atoms with Gasteiger partial charge in [0.15, 0.2) is 0 Å². The lowest BCUT2D eigenvalue weighted by Gasteiger charge is -2.28. The van der Waals surface area contributed by atoms with E-state index in [1.165, 1.54) is 0 Å². The summed E-state index contributed by atoms with van der Waals surface area (Å²) in [4.78, 5) is 14.0. The molecule has 0 spiro atoms. The fraction of sp³-hybridized carbons (Fsp3) is 0.562. The average Bonchev–Trinajstić information content (AvgIpc) is 3.08. The number of benzene rings is 1. The summed E-state index contributed by atoms with van der Waals surface area (Å²) in [5, 5.41) is 9.38. The van der Waals surface area contributed by atoms with E-state index in [1.54, 1.807) is 29.2 Å². The van der Waals surface area contributed by atoms with Gasteiger partial charge in [0, 0.05) is 17.8 Å². The first kappa shape index (κ1) is 15.6. The number of hydrogen-bond acceptors (Lipinski definition) is 4. The molecule has 0 unspecified atom stereocenters. The molecule has 1 aliphatic carbocycles. The van der Waals surface area contributed by atoms with Gasteiger partial charge in [0.25, 0.3) is 0 Å². The Kier molecular flexibility index (Phi) is 4.14. The zero-order valence-electron chi connectivity index (χ0n) is 12.9. The molecule has 116 valence electrons. The zero-order valence-corrected chi connectivity index (χ0v) is 12.9.